The molecule has 0 aliphatic carbocycles. The van der Waals surface area contributed by atoms with Crippen molar-refractivity contribution in [2.45, 2.75) is 26.2 Å². The minimum Gasteiger partial charge on any atom is -0.342 e. The second kappa shape index (κ2) is 5.41. The van der Waals surface area contributed by atoms with Gasteiger partial charge in [-0.2, -0.15) is 5.26 Å². The first kappa shape index (κ1) is 9.85. The summed E-state index contributed by atoms with van der Waals surface area (Å²) in [4.78, 5) is 6.41. The average molecular weight is 180 g/mol. The molecule has 1 rings (SSSR count). The highest BCUT2D eigenvalue weighted by Crippen LogP contribution is 2.03. The van der Waals surface area contributed by atoms with Gasteiger partial charge in [-0.1, -0.05) is 13.3 Å². The van der Waals surface area contributed by atoms with Gasteiger partial charge in [-0.3, -0.25) is 10.3 Å². The summed E-state index contributed by atoms with van der Waals surface area (Å²) < 4.78 is 0. The zero-order chi connectivity index (χ0) is 9.52. The third-order valence-electron chi connectivity index (χ3n) is 2.10. The Hall–Kier alpha value is -1.24. The molecule has 0 bridgehead atoms. The number of nitrogens with zero attached hydrogens (tertiary/aromatic N) is 3. The van der Waals surface area contributed by atoms with Gasteiger partial charge in [0.15, 0.2) is 6.19 Å². The van der Waals surface area contributed by atoms with Gasteiger partial charge in [0.05, 0.1) is 0 Å². The van der Waals surface area contributed by atoms with E-state index in [2.05, 4.69) is 22.1 Å². The quantitative estimate of drug-likeness (QED) is 0.519. The Morgan fingerprint density at radius 1 is 1.69 bits per heavy atom. The van der Waals surface area contributed by atoms with Crippen LogP contribution in [0.25, 0.3) is 0 Å². The first-order chi connectivity index (χ1) is 6.38. The van der Waals surface area contributed by atoms with Crippen molar-refractivity contribution in [3.05, 3.63) is 0 Å². The number of guanidine groups is 1. The second-order valence-electron chi connectivity index (χ2n) is 3.14. The van der Waals surface area contributed by atoms with Gasteiger partial charge in [-0.15, -0.1) is 0 Å². The number of hydrogen-bond acceptors (Lipinski definition) is 4. The number of unbranched alkanes of at least 4 members (excludes halogenated alkanes) is 1. The second-order valence-corrected chi connectivity index (χ2v) is 3.14. The van der Waals surface area contributed by atoms with E-state index in [1.807, 2.05) is 6.19 Å². The van der Waals surface area contributed by atoms with Gasteiger partial charge in [0, 0.05) is 19.6 Å². The summed E-state index contributed by atoms with van der Waals surface area (Å²) in [5, 5.41) is 11.1. The molecule has 0 fully saturated rings. The Kier molecular flexibility index (Phi) is 4.10. The van der Waals surface area contributed by atoms with Crippen LogP contribution in [-0.2, 0) is 0 Å². The van der Waals surface area contributed by atoms with Crippen LogP contribution in [-0.4, -0.2) is 30.5 Å². The summed E-state index contributed by atoms with van der Waals surface area (Å²) in [6.07, 6.45) is 5.35. The molecule has 0 atom stereocenters. The predicted molar refractivity (Wildman–Crippen MR) is 52.1 cm³/mol. The fourth-order valence-electron chi connectivity index (χ4n) is 1.39. The number of rotatable bonds is 3. The van der Waals surface area contributed by atoms with Crippen LogP contribution in [0.3, 0.4) is 0 Å². The van der Waals surface area contributed by atoms with Crippen molar-refractivity contribution in [2.24, 2.45) is 4.99 Å². The summed E-state index contributed by atoms with van der Waals surface area (Å²) in [6, 6.07) is 0. The van der Waals surface area contributed by atoms with Crippen molar-refractivity contribution in [3.63, 3.8) is 0 Å². The van der Waals surface area contributed by atoms with Crippen molar-refractivity contribution >= 4 is 5.96 Å². The highest BCUT2D eigenvalue weighted by molar-refractivity contribution is 5.81. The molecule has 72 valence electrons. The molecular weight excluding hydrogens is 164 g/mol. The largest absolute Gasteiger partial charge is 0.342 e. The lowest BCUT2D eigenvalue weighted by atomic mass is 10.3. The molecule has 13 heavy (non-hydrogen) atoms. The fraction of sp³-hybridized carbons (Fsp3) is 0.778. The normalized spacial score (nSPS) is 16.3. The van der Waals surface area contributed by atoms with Crippen LogP contribution in [0.1, 0.15) is 26.2 Å². The van der Waals surface area contributed by atoms with Gasteiger partial charge in [0.25, 0.3) is 0 Å². The highest BCUT2D eigenvalue weighted by Gasteiger charge is 2.13. The summed E-state index contributed by atoms with van der Waals surface area (Å²) >= 11 is 0. The lowest BCUT2D eigenvalue weighted by Gasteiger charge is -2.27. The topological polar surface area (TPSA) is 51.4 Å². The molecule has 0 saturated heterocycles. The molecule has 0 saturated carbocycles. The minimum atomic E-state index is 0.752. The van der Waals surface area contributed by atoms with Gasteiger partial charge < -0.3 is 4.90 Å². The lowest BCUT2D eigenvalue weighted by molar-refractivity contribution is 0.376. The van der Waals surface area contributed by atoms with E-state index < -0.39 is 0 Å². The van der Waals surface area contributed by atoms with Crippen LogP contribution in [0.5, 0.6) is 0 Å². The van der Waals surface area contributed by atoms with Gasteiger partial charge in [-0.05, 0) is 12.8 Å². The van der Waals surface area contributed by atoms with Crippen LogP contribution < -0.4 is 5.32 Å². The maximum atomic E-state index is 8.49. The summed E-state index contributed by atoms with van der Waals surface area (Å²) in [6.45, 7) is 5.03. The zero-order valence-electron chi connectivity index (χ0n) is 8.08. The number of hydrogen-bond donors (Lipinski definition) is 1. The standard InChI is InChI=1S/C9H16N4/c1-2-3-6-13-7-4-5-11-9(13)12-8-10/h2-7H2,1H3,(H,11,12). The van der Waals surface area contributed by atoms with Crippen molar-refractivity contribution in [2.75, 3.05) is 19.6 Å². The Morgan fingerprint density at radius 2 is 2.54 bits per heavy atom. The van der Waals surface area contributed by atoms with Gasteiger partial charge in [-0.25, -0.2) is 0 Å². The molecule has 0 aromatic rings. The maximum Gasteiger partial charge on any atom is 0.207 e. The Morgan fingerprint density at radius 3 is 3.23 bits per heavy atom. The Balaban J connectivity index is 2.45. The third kappa shape index (κ3) is 2.94. The predicted octanol–water partition coefficient (Wildman–Crippen LogP) is 0.919. The van der Waals surface area contributed by atoms with Crippen LogP contribution in [0.2, 0.25) is 0 Å². The average Bonchev–Trinajstić information content (AvgIpc) is 2.17. The fourth-order valence-corrected chi connectivity index (χ4v) is 1.39. The summed E-state index contributed by atoms with van der Waals surface area (Å²) in [5.74, 6) is 0.752. The van der Waals surface area contributed by atoms with Crippen molar-refractivity contribution in [3.8, 4) is 6.19 Å². The summed E-state index contributed by atoms with van der Waals surface area (Å²) in [5.41, 5.74) is 0. The first-order valence-electron chi connectivity index (χ1n) is 4.83. The Bertz CT molecular complexity index is 216. The SMILES string of the molecule is CCCCN1CCCN=C1NC#N. The third-order valence-corrected chi connectivity index (χ3v) is 2.10. The monoisotopic (exact) mass is 180 g/mol. The summed E-state index contributed by atoms with van der Waals surface area (Å²) in [7, 11) is 0. The molecule has 0 aromatic carbocycles. The van der Waals surface area contributed by atoms with Crippen LogP contribution in [0, 0.1) is 11.5 Å². The molecule has 0 radical (unpaired) electrons. The van der Waals surface area contributed by atoms with E-state index in [1.165, 1.54) is 6.42 Å². The number of nitriles is 1. The number of aliphatic imine (C=N–C) groups is 1. The van der Waals surface area contributed by atoms with Gasteiger partial charge >= 0.3 is 0 Å². The van der Waals surface area contributed by atoms with Gasteiger partial charge in [0.2, 0.25) is 5.96 Å². The lowest BCUT2D eigenvalue weighted by Crippen LogP contribution is -2.43. The van der Waals surface area contributed by atoms with E-state index in [0.717, 1.165) is 38.4 Å². The van der Waals surface area contributed by atoms with Crippen molar-refractivity contribution in [1.82, 2.24) is 10.2 Å². The molecule has 1 heterocycles. The minimum absolute atomic E-state index is 0.752. The van der Waals surface area contributed by atoms with Crippen molar-refractivity contribution < 1.29 is 0 Å². The van der Waals surface area contributed by atoms with Crippen LogP contribution in [0.15, 0.2) is 4.99 Å². The maximum absolute atomic E-state index is 8.49. The molecular formula is C9H16N4. The molecule has 0 aromatic heterocycles. The van der Waals surface area contributed by atoms with E-state index in [0.29, 0.717) is 0 Å². The number of nitrogens with one attached hydrogen (secondary N) is 1. The molecule has 1 aliphatic heterocycles. The van der Waals surface area contributed by atoms with Crippen LogP contribution in [0.4, 0.5) is 0 Å². The van der Waals surface area contributed by atoms with E-state index >= 15 is 0 Å². The molecule has 0 unspecified atom stereocenters. The van der Waals surface area contributed by atoms with Gasteiger partial charge in [0.1, 0.15) is 0 Å². The molecule has 0 amide bonds. The molecule has 4 heteroatoms. The Labute approximate surface area is 79.3 Å². The van der Waals surface area contributed by atoms with E-state index in [4.69, 9.17) is 5.26 Å². The smallest absolute Gasteiger partial charge is 0.207 e. The van der Waals surface area contributed by atoms with E-state index in [1.54, 1.807) is 0 Å². The molecule has 4 nitrogen and oxygen atoms in total. The van der Waals surface area contributed by atoms with E-state index in [9.17, 15) is 0 Å². The van der Waals surface area contributed by atoms with E-state index in [-0.39, 0.29) is 0 Å². The van der Waals surface area contributed by atoms with Crippen LogP contribution >= 0.6 is 0 Å². The van der Waals surface area contributed by atoms with Crippen molar-refractivity contribution in [1.29, 1.82) is 5.26 Å². The molecule has 0 spiro atoms. The highest BCUT2D eigenvalue weighted by atomic mass is 15.3. The molecule has 1 aliphatic rings. The zero-order valence-corrected chi connectivity index (χ0v) is 8.08. The first-order valence-corrected chi connectivity index (χ1v) is 4.83. The molecule has 1 N–H and O–H groups in total.